The maximum Gasteiger partial charge on any atom is 0.250 e. The van der Waals surface area contributed by atoms with Gasteiger partial charge in [0.15, 0.2) is 0 Å². The summed E-state index contributed by atoms with van der Waals surface area (Å²) in [6.45, 7) is -2.17. The molecule has 0 atom stereocenters. The van der Waals surface area contributed by atoms with E-state index in [-0.39, 0.29) is 4.21 Å². The summed E-state index contributed by atoms with van der Waals surface area (Å²) in [4.78, 5) is 0. The van der Waals surface area contributed by atoms with Crippen LogP contribution in [0.1, 0.15) is 0 Å². The van der Waals surface area contributed by atoms with Crippen molar-refractivity contribution in [1.29, 1.82) is 0 Å². The van der Waals surface area contributed by atoms with Gasteiger partial charge in [0.1, 0.15) is 9.75 Å². The zero-order chi connectivity index (χ0) is 13.1. The number of nitrogens with two attached hydrogens (primary N) is 1. The normalized spacial score (nSPS) is 12.9. The Morgan fingerprint density at radius 3 is 2.18 bits per heavy atom. The molecule has 0 saturated carbocycles. The molecule has 0 saturated heterocycles. The van der Waals surface area contributed by atoms with E-state index in [1.165, 1.54) is 11.4 Å². The number of hydrogen-bond donors (Lipinski definition) is 5. The quantitative estimate of drug-likeness (QED) is 0.423. The summed E-state index contributed by atoms with van der Waals surface area (Å²) in [7, 11) is -3.92. The summed E-state index contributed by atoms with van der Waals surface area (Å²) in [6.07, 6.45) is 0. The lowest BCUT2D eigenvalue weighted by Crippen LogP contribution is -2.56. The minimum atomic E-state index is -3.92. The highest BCUT2D eigenvalue weighted by Gasteiger charge is 2.34. The molecular formula is C8H14N2O5S2. The van der Waals surface area contributed by atoms with Crippen LogP contribution in [-0.4, -0.2) is 49.1 Å². The first kappa shape index (κ1) is 14.4. The van der Waals surface area contributed by atoms with Gasteiger partial charge in [0.05, 0.1) is 19.8 Å². The lowest BCUT2D eigenvalue weighted by Gasteiger charge is -2.27. The van der Waals surface area contributed by atoms with Crippen LogP contribution in [0.5, 0.6) is 0 Å². The van der Waals surface area contributed by atoms with Gasteiger partial charge in [-0.25, -0.2) is 8.42 Å². The molecule has 0 radical (unpaired) electrons. The van der Waals surface area contributed by atoms with Crippen LogP contribution in [-0.2, 0) is 10.0 Å². The van der Waals surface area contributed by atoms with Gasteiger partial charge in [0, 0.05) is 11.1 Å². The van der Waals surface area contributed by atoms with Gasteiger partial charge >= 0.3 is 0 Å². The zero-order valence-corrected chi connectivity index (χ0v) is 10.5. The SMILES string of the molecule is Nc1csc(S(=O)(=O)NC(CO)(CO)CO)c1. The predicted molar refractivity (Wildman–Crippen MR) is 63.0 cm³/mol. The Balaban J connectivity index is 3.00. The summed E-state index contributed by atoms with van der Waals surface area (Å²) in [5.41, 5.74) is 4.03. The van der Waals surface area contributed by atoms with E-state index >= 15 is 0 Å². The van der Waals surface area contributed by atoms with Gasteiger partial charge in [-0.15, -0.1) is 11.3 Å². The molecule has 7 nitrogen and oxygen atoms in total. The number of sulfonamides is 1. The molecule has 1 aromatic heterocycles. The topological polar surface area (TPSA) is 133 Å². The second kappa shape index (κ2) is 5.29. The van der Waals surface area contributed by atoms with Crippen molar-refractivity contribution in [3.05, 3.63) is 11.4 Å². The second-order valence-corrected chi connectivity index (χ2v) is 6.38. The Hall–Kier alpha value is -0.710. The molecule has 0 bridgehead atoms. The minimum absolute atomic E-state index is 0.0466. The standard InChI is InChI=1S/C8H14N2O5S2/c9-6-1-7(16-2-6)17(14,15)10-8(3-11,4-12)5-13/h1-2,10-13H,3-5,9H2. The lowest BCUT2D eigenvalue weighted by atomic mass is 10.1. The van der Waals surface area contributed by atoms with Crippen molar-refractivity contribution in [2.45, 2.75) is 9.75 Å². The molecule has 1 rings (SSSR count). The van der Waals surface area contributed by atoms with Gasteiger partial charge in [-0.3, -0.25) is 0 Å². The molecule has 9 heteroatoms. The van der Waals surface area contributed by atoms with Crippen LogP contribution >= 0.6 is 11.3 Å². The number of nitrogens with one attached hydrogen (secondary N) is 1. The summed E-state index contributed by atoms with van der Waals surface area (Å²) in [5.74, 6) is 0. The number of aliphatic hydroxyl groups is 3. The van der Waals surface area contributed by atoms with Crippen molar-refractivity contribution in [3.63, 3.8) is 0 Å². The molecule has 0 aliphatic rings. The average Bonchev–Trinajstić information content (AvgIpc) is 2.74. The van der Waals surface area contributed by atoms with Crippen LogP contribution in [0, 0.1) is 0 Å². The van der Waals surface area contributed by atoms with Crippen LogP contribution in [0.15, 0.2) is 15.7 Å². The summed E-state index contributed by atoms with van der Waals surface area (Å²) in [5, 5.41) is 28.5. The molecule has 0 aliphatic heterocycles. The van der Waals surface area contributed by atoms with E-state index in [2.05, 4.69) is 4.72 Å². The highest BCUT2D eigenvalue weighted by Crippen LogP contribution is 2.22. The van der Waals surface area contributed by atoms with Crippen molar-refractivity contribution in [2.24, 2.45) is 0 Å². The van der Waals surface area contributed by atoms with E-state index < -0.39 is 35.4 Å². The molecule has 6 N–H and O–H groups in total. The van der Waals surface area contributed by atoms with Gasteiger partial charge in [0.2, 0.25) is 0 Å². The van der Waals surface area contributed by atoms with Crippen LogP contribution in [0.25, 0.3) is 0 Å². The maximum absolute atomic E-state index is 11.8. The third-order valence-electron chi connectivity index (χ3n) is 2.12. The maximum atomic E-state index is 11.8. The minimum Gasteiger partial charge on any atom is -0.398 e. The van der Waals surface area contributed by atoms with Crippen LogP contribution < -0.4 is 10.5 Å². The fourth-order valence-corrected chi connectivity index (χ4v) is 3.51. The molecule has 0 unspecified atom stereocenters. The van der Waals surface area contributed by atoms with Crippen molar-refractivity contribution >= 4 is 27.0 Å². The van der Waals surface area contributed by atoms with E-state index in [0.717, 1.165) is 11.3 Å². The highest BCUT2D eigenvalue weighted by molar-refractivity contribution is 7.91. The van der Waals surface area contributed by atoms with Gasteiger partial charge < -0.3 is 21.1 Å². The smallest absolute Gasteiger partial charge is 0.250 e. The molecule has 17 heavy (non-hydrogen) atoms. The lowest BCUT2D eigenvalue weighted by molar-refractivity contribution is 0.0582. The third-order valence-corrected chi connectivity index (χ3v) is 5.16. The Morgan fingerprint density at radius 1 is 1.29 bits per heavy atom. The molecular weight excluding hydrogens is 268 g/mol. The zero-order valence-electron chi connectivity index (χ0n) is 8.83. The van der Waals surface area contributed by atoms with E-state index in [9.17, 15) is 8.42 Å². The summed E-state index contributed by atoms with van der Waals surface area (Å²) in [6, 6.07) is 1.25. The largest absolute Gasteiger partial charge is 0.398 e. The number of hydrogen-bond acceptors (Lipinski definition) is 7. The molecule has 0 fully saturated rings. The molecule has 1 aromatic rings. The van der Waals surface area contributed by atoms with Gasteiger partial charge in [-0.2, -0.15) is 4.72 Å². The van der Waals surface area contributed by atoms with E-state index in [0.29, 0.717) is 5.69 Å². The summed E-state index contributed by atoms with van der Waals surface area (Å²) < 4.78 is 25.7. The van der Waals surface area contributed by atoms with Crippen LogP contribution in [0.4, 0.5) is 5.69 Å². The molecule has 0 spiro atoms. The fraction of sp³-hybridized carbons (Fsp3) is 0.500. The Morgan fingerprint density at radius 2 is 1.82 bits per heavy atom. The van der Waals surface area contributed by atoms with E-state index in [1.54, 1.807) is 0 Å². The van der Waals surface area contributed by atoms with Crippen LogP contribution in [0.3, 0.4) is 0 Å². The second-order valence-electron chi connectivity index (χ2n) is 3.56. The Labute approximate surface area is 103 Å². The van der Waals surface area contributed by atoms with Gasteiger partial charge in [-0.05, 0) is 6.07 Å². The van der Waals surface area contributed by atoms with E-state index in [1.807, 2.05) is 0 Å². The van der Waals surface area contributed by atoms with Crippen molar-refractivity contribution in [1.82, 2.24) is 4.72 Å². The van der Waals surface area contributed by atoms with Crippen molar-refractivity contribution < 1.29 is 23.7 Å². The summed E-state index contributed by atoms with van der Waals surface area (Å²) >= 11 is 0.908. The Bertz CT molecular complexity index is 458. The number of rotatable bonds is 6. The monoisotopic (exact) mass is 282 g/mol. The van der Waals surface area contributed by atoms with Crippen molar-refractivity contribution in [3.8, 4) is 0 Å². The number of nitrogen functional groups attached to an aromatic ring is 1. The first-order valence-electron chi connectivity index (χ1n) is 4.60. The average molecular weight is 282 g/mol. The van der Waals surface area contributed by atoms with E-state index in [4.69, 9.17) is 21.1 Å². The fourth-order valence-electron chi connectivity index (χ4n) is 1.05. The van der Waals surface area contributed by atoms with Crippen molar-refractivity contribution in [2.75, 3.05) is 25.6 Å². The Kier molecular flexibility index (Phi) is 4.47. The molecule has 0 aliphatic carbocycles. The number of thiophene rings is 1. The third kappa shape index (κ3) is 3.15. The number of anilines is 1. The highest BCUT2D eigenvalue weighted by atomic mass is 32.2. The number of aliphatic hydroxyl groups excluding tert-OH is 3. The van der Waals surface area contributed by atoms with Crippen LogP contribution in [0.2, 0.25) is 0 Å². The predicted octanol–water partition coefficient (Wildman–Crippen LogP) is -1.68. The van der Waals surface area contributed by atoms with Gasteiger partial charge in [-0.1, -0.05) is 0 Å². The molecule has 98 valence electrons. The first-order valence-corrected chi connectivity index (χ1v) is 6.96. The molecule has 1 heterocycles. The molecule has 0 amide bonds. The molecule has 0 aromatic carbocycles. The van der Waals surface area contributed by atoms with Gasteiger partial charge in [0.25, 0.3) is 10.0 Å². The first-order chi connectivity index (χ1) is 7.89.